The third-order valence-electron chi connectivity index (χ3n) is 1.90. The van der Waals surface area contributed by atoms with Gasteiger partial charge < -0.3 is 5.73 Å². The molecule has 0 aliphatic heterocycles. The van der Waals surface area contributed by atoms with Crippen LogP contribution in [0.3, 0.4) is 0 Å². The summed E-state index contributed by atoms with van der Waals surface area (Å²) < 4.78 is 38.2. The predicted octanol–water partition coefficient (Wildman–Crippen LogP) is 2.94. The van der Waals surface area contributed by atoms with Gasteiger partial charge >= 0.3 is 0 Å². The van der Waals surface area contributed by atoms with E-state index in [1.807, 2.05) is 0 Å². The third kappa shape index (κ3) is 2.39. The molecular weight excluding hydrogens is 215 g/mol. The van der Waals surface area contributed by atoms with Crippen LogP contribution in [0.5, 0.6) is 0 Å². The Morgan fingerprint density at radius 1 is 1.21 bits per heavy atom. The molecule has 0 bridgehead atoms. The highest BCUT2D eigenvalue weighted by Gasteiger charge is 2.16. The van der Waals surface area contributed by atoms with Gasteiger partial charge in [0, 0.05) is 11.6 Å². The fourth-order valence-corrected chi connectivity index (χ4v) is 1.05. The Morgan fingerprint density at radius 2 is 1.79 bits per heavy atom. The van der Waals surface area contributed by atoms with Crippen molar-refractivity contribution in [3.8, 4) is 0 Å². The first-order valence-corrected chi connectivity index (χ1v) is 3.96. The average Bonchev–Trinajstić information content (AvgIpc) is 2.13. The molecule has 1 nitrogen and oxygen atoms in total. The maximum atomic E-state index is 13.0. The summed E-state index contributed by atoms with van der Waals surface area (Å²) in [6.45, 7) is 1.74. The van der Waals surface area contributed by atoms with Crippen LogP contribution in [-0.2, 0) is 0 Å². The molecule has 1 aromatic carbocycles. The van der Waals surface area contributed by atoms with Crippen LogP contribution in [0, 0.1) is 17.5 Å². The molecule has 0 saturated heterocycles. The Balaban J connectivity index is 0.00000169. The molecule has 0 fully saturated rings. The molecule has 14 heavy (non-hydrogen) atoms. The zero-order chi connectivity index (χ0) is 10.0. The first-order chi connectivity index (χ1) is 6.07. The number of nitrogens with two attached hydrogens (primary N) is 1. The van der Waals surface area contributed by atoms with Crippen LogP contribution in [0.4, 0.5) is 13.2 Å². The number of hydrogen-bond donors (Lipinski definition) is 1. The molecule has 80 valence electrons. The van der Waals surface area contributed by atoms with Gasteiger partial charge in [0.25, 0.3) is 0 Å². The van der Waals surface area contributed by atoms with Gasteiger partial charge in [-0.05, 0) is 12.5 Å². The van der Waals surface area contributed by atoms with Gasteiger partial charge in [-0.3, -0.25) is 0 Å². The van der Waals surface area contributed by atoms with Crippen LogP contribution in [0.15, 0.2) is 12.1 Å². The van der Waals surface area contributed by atoms with Crippen molar-refractivity contribution in [2.75, 3.05) is 0 Å². The van der Waals surface area contributed by atoms with Crippen LogP contribution in [-0.4, -0.2) is 0 Å². The molecule has 1 aromatic rings. The lowest BCUT2D eigenvalue weighted by molar-refractivity contribution is 0.434. The number of benzene rings is 1. The summed E-state index contributed by atoms with van der Waals surface area (Å²) >= 11 is 0. The van der Waals surface area contributed by atoms with E-state index >= 15 is 0 Å². The average molecular weight is 226 g/mol. The zero-order valence-electron chi connectivity index (χ0n) is 7.56. The Bertz CT molecular complexity index is 317. The van der Waals surface area contributed by atoms with Crippen LogP contribution >= 0.6 is 12.4 Å². The van der Waals surface area contributed by atoms with E-state index in [-0.39, 0.29) is 18.0 Å². The normalized spacial score (nSPS) is 12.1. The summed E-state index contributed by atoms with van der Waals surface area (Å²) in [7, 11) is 0. The van der Waals surface area contributed by atoms with Gasteiger partial charge in [-0.15, -0.1) is 12.4 Å². The third-order valence-corrected chi connectivity index (χ3v) is 1.90. The SMILES string of the molecule is CC[C@H](N)c1ccc(F)c(F)c1F.Cl. The Hall–Kier alpha value is -0.740. The molecule has 1 rings (SSSR count). The summed E-state index contributed by atoms with van der Waals surface area (Å²) in [6, 6.07) is 1.46. The molecule has 0 unspecified atom stereocenters. The molecule has 1 atom stereocenters. The molecule has 0 aliphatic rings. The monoisotopic (exact) mass is 225 g/mol. The van der Waals surface area contributed by atoms with Gasteiger partial charge in [0.15, 0.2) is 17.5 Å². The van der Waals surface area contributed by atoms with Gasteiger partial charge in [0.2, 0.25) is 0 Å². The second kappa shape index (κ2) is 5.22. The van der Waals surface area contributed by atoms with E-state index in [4.69, 9.17) is 5.73 Å². The van der Waals surface area contributed by atoms with Crippen molar-refractivity contribution in [3.63, 3.8) is 0 Å². The lowest BCUT2D eigenvalue weighted by Crippen LogP contribution is -2.12. The molecule has 0 radical (unpaired) electrons. The standard InChI is InChI=1S/C9H10F3N.ClH/c1-2-7(13)5-3-4-6(10)9(12)8(5)11;/h3-4,7H,2,13H2,1H3;1H/t7-;/m0./s1. The minimum atomic E-state index is -1.46. The Morgan fingerprint density at radius 3 is 2.29 bits per heavy atom. The Kier molecular flexibility index (Phi) is 4.94. The van der Waals surface area contributed by atoms with Gasteiger partial charge in [0.1, 0.15) is 0 Å². The first kappa shape index (κ1) is 13.3. The summed E-state index contributed by atoms with van der Waals surface area (Å²) in [4.78, 5) is 0. The lowest BCUT2D eigenvalue weighted by atomic mass is 10.0. The van der Waals surface area contributed by atoms with E-state index in [0.717, 1.165) is 6.07 Å². The molecular formula is C9H11ClF3N. The van der Waals surface area contributed by atoms with Crippen molar-refractivity contribution >= 4 is 12.4 Å². The lowest BCUT2D eigenvalue weighted by Gasteiger charge is -2.10. The van der Waals surface area contributed by atoms with Crippen LogP contribution in [0.25, 0.3) is 0 Å². The van der Waals surface area contributed by atoms with Crippen molar-refractivity contribution in [2.45, 2.75) is 19.4 Å². The van der Waals surface area contributed by atoms with Gasteiger partial charge in [-0.25, -0.2) is 13.2 Å². The number of halogens is 4. The second-order valence-electron chi connectivity index (χ2n) is 2.78. The zero-order valence-corrected chi connectivity index (χ0v) is 8.38. The van der Waals surface area contributed by atoms with E-state index in [0.29, 0.717) is 6.42 Å². The summed E-state index contributed by atoms with van der Waals surface area (Å²) in [6.07, 6.45) is 0.474. The van der Waals surface area contributed by atoms with Crippen molar-refractivity contribution in [3.05, 3.63) is 35.1 Å². The van der Waals surface area contributed by atoms with E-state index in [1.165, 1.54) is 6.07 Å². The molecule has 0 amide bonds. The summed E-state index contributed by atoms with van der Waals surface area (Å²) in [5.41, 5.74) is 5.50. The summed E-state index contributed by atoms with van der Waals surface area (Å²) in [5, 5.41) is 0. The molecule has 0 heterocycles. The number of hydrogen-bond acceptors (Lipinski definition) is 1. The molecule has 0 saturated carbocycles. The van der Waals surface area contributed by atoms with Crippen molar-refractivity contribution in [1.82, 2.24) is 0 Å². The van der Waals surface area contributed by atoms with Crippen molar-refractivity contribution < 1.29 is 13.2 Å². The Labute approximate surface area is 86.5 Å². The van der Waals surface area contributed by atoms with Crippen LogP contribution in [0.2, 0.25) is 0 Å². The van der Waals surface area contributed by atoms with Crippen LogP contribution < -0.4 is 5.73 Å². The molecule has 5 heteroatoms. The highest BCUT2D eigenvalue weighted by atomic mass is 35.5. The highest BCUT2D eigenvalue weighted by molar-refractivity contribution is 5.85. The molecule has 0 spiro atoms. The topological polar surface area (TPSA) is 26.0 Å². The van der Waals surface area contributed by atoms with Gasteiger partial charge in [-0.2, -0.15) is 0 Å². The van der Waals surface area contributed by atoms with Crippen LogP contribution in [0.1, 0.15) is 24.9 Å². The maximum Gasteiger partial charge on any atom is 0.194 e. The van der Waals surface area contributed by atoms with E-state index in [1.54, 1.807) is 6.92 Å². The summed E-state index contributed by atoms with van der Waals surface area (Å²) in [5.74, 6) is -3.83. The minimum Gasteiger partial charge on any atom is -0.324 e. The maximum absolute atomic E-state index is 13.0. The predicted molar refractivity (Wildman–Crippen MR) is 50.8 cm³/mol. The quantitative estimate of drug-likeness (QED) is 0.770. The second-order valence-corrected chi connectivity index (χ2v) is 2.78. The molecule has 2 N–H and O–H groups in total. The fraction of sp³-hybridized carbons (Fsp3) is 0.333. The smallest absolute Gasteiger partial charge is 0.194 e. The largest absolute Gasteiger partial charge is 0.324 e. The minimum absolute atomic E-state index is 0. The van der Waals surface area contributed by atoms with Crippen molar-refractivity contribution in [2.24, 2.45) is 5.73 Å². The van der Waals surface area contributed by atoms with Gasteiger partial charge in [0.05, 0.1) is 0 Å². The number of rotatable bonds is 2. The molecule has 0 aromatic heterocycles. The van der Waals surface area contributed by atoms with E-state index < -0.39 is 23.5 Å². The van der Waals surface area contributed by atoms with E-state index in [9.17, 15) is 13.2 Å². The highest BCUT2D eigenvalue weighted by Crippen LogP contribution is 2.21. The van der Waals surface area contributed by atoms with Crippen molar-refractivity contribution in [1.29, 1.82) is 0 Å². The van der Waals surface area contributed by atoms with Gasteiger partial charge in [-0.1, -0.05) is 13.0 Å². The first-order valence-electron chi connectivity index (χ1n) is 3.96. The van der Waals surface area contributed by atoms with E-state index in [2.05, 4.69) is 0 Å². The molecule has 0 aliphatic carbocycles. The fourth-order valence-electron chi connectivity index (χ4n) is 1.05.